The fraction of sp³-hybridized carbons (Fsp3) is 0.167. The van der Waals surface area contributed by atoms with Crippen molar-refractivity contribution in [1.29, 1.82) is 0 Å². The average Bonchev–Trinajstić information content (AvgIpc) is 3.01. The second-order valence-corrected chi connectivity index (χ2v) is 5.87. The fourth-order valence-corrected chi connectivity index (χ4v) is 2.47. The number of carbonyl (C=O) groups excluding carboxylic acids is 1. The Hall–Kier alpha value is -2.86. The van der Waals surface area contributed by atoms with E-state index in [1.807, 2.05) is 24.4 Å². The summed E-state index contributed by atoms with van der Waals surface area (Å²) in [5.74, 6) is -0.375. The summed E-state index contributed by atoms with van der Waals surface area (Å²) >= 11 is 0. The number of hydrogen-bond acceptors (Lipinski definition) is 2. The third kappa shape index (κ3) is 3.55. The van der Waals surface area contributed by atoms with Crippen LogP contribution in [0.3, 0.4) is 0 Å². The third-order valence-electron chi connectivity index (χ3n) is 3.87. The van der Waals surface area contributed by atoms with Crippen LogP contribution < -0.4 is 10.6 Å². The molecule has 0 saturated carbocycles. The first kappa shape index (κ1) is 16.0. The molecule has 3 aromatic rings. The van der Waals surface area contributed by atoms with Gasteiger partial charge in [0, 0.05) is 22.8 Å². The number of benzene rings is 2. The molecule has 0 spiro atoms. The van der Waals surface area contributed by atoms with Crippen LogP contribution in [0.4, 0.5) is 14.9 Å². The van der Waals surface area contributed by atoms with Crippen molar-refractivity contribution in [3.05, 3.63) is 66.1 Å². The van der Waals surface area contributed by atoms with Crippen LogP contribution in [0.5, 0.6) is 0 Å². The highest BCUT2D eigenvalue weighted by Gasteiger charge is 2.23. The van der Waals surface area contributed by atoms with E-state index >= 15 is 0 Å². The van der Waals surface area contributed by atoms with E-state index in [0.717, 1.165) is 10.9 Å². The van der Waals surface area contributed by atoms with Gasteiger partial charge in [0.2, 0.25) is 0 Å². The van der Waals surface area contributed by atoms with Crippen molar-refractivity contribution >= 4 is 22.6 Å². The SMILES string of the molecule is CC(O)(CNC(=O)Nc1ccc2[nH]ccc2c1)c1ccc(F)cc1. The molecule has 1 heterocycles. The number of amides is 2. The van der Waals surface area contributed by atoms with Gasteiger partial charge in [0.1, 0.15) is 11.4 Å². The largest absolute Gasteiger partial charge is 0.384 e. The second-order valence-electron chi connectivity index (χ2n) is 5.87. The van der Waals surface area contributed by atoms with Gasteiger partial charge in [-0.1, -0.05) is 12.1 Å². The van der Waals surface area contributed by atoms with Crippen LogP contribution in [0.2, 0.25) is 0 Å². The molecule has 3 rings (SSSR count). The van der Waals surface area contributed by atoms with Gasteiger partial charge in [-0.15, -0.1) is 0 Å². The third-order valence-corrected chi connectivity index (χ3v) is 3.87. The Labute approximate surface area is 138 Å². The van der Waals surface area contributed by atoms with Crippen molar-refractivity contribution < 1.29 is 14.3 Å². The van der Waals surface area contributed by atoms with E-state index in [1.54, 1.807) is 13.0 Å². The monoisotopic (exact) mass is 327 g/mol. The van der Waals surface area contributed by atoms with Crippen molar-refractivity contribution in [2.45, 2.75) is 12.5 Å². The lowest BCUT2D eigenvalue weighted by atomic mass is 9.96. The predicted octanol–water partition coefficient (Wildman–Crippen LogP) is 3.34. The first-order valence-electron chi connectivity index (χ1n) is 7.54. The molecule has 0 saturated heterocycles. The highest BCUT2D eigenvalue weighted by Crippen LogP contribution is 2.20. The molecule has 1 aromatic heterocycles. The molecule has 0 radical (unpaired) electrons. The lowest BCUT2D eigenvalue weighted by molar-refractivity contribution is 0.0599. The van der Waals surface area contributed by atoms with Crippen LogP contribution in [-0.4, -0.2) is 22.7 Å². The molecule has 24 heavy (non-hydrogen) atoms. The van der Waals surface area contributed by atoms with Gasteiger partial charge in [0.25, 0.3) is 0 Å². The number of aromatic amines is 1. The number of hydrogen-bond donors (Lipinski definition) is 4. The molecule has 1 atom stereocenters. The number of aromatic nitrogens is 1. The average molecular weight is 327 g/mol. The maximum Gasteiger partial charge on any atom is 0.319 e. The normalized spacial score (nSPS) is 13.5. The minimum atomic E-state index is -1.30. The Morgan fingerprint density at radius 3 is 2.71 bits per heavy atom. The molecule has 4 N–H and O–H groups in total. The van der Waals surface area contributed by atoms with Crippen LogP contribution in [0.25, 0.3) is 10.9 Å². The Morgan fingerprint density at radius 1 is 1.21 bits per heavy atom. The molecule has 124 valence electrons. The van der Waals surface area contributed by atoms with Crippen LogP contribution >= 0.6 is 0 Å². The molecular formula is C18H18FN3O2. The number of carbonyl (C=O) groups is 1. The van der Waals surface area contributed by atoms with Gasteiger partial charge in [-0.25, -0.2) is 9.18 Å². The quantitative estimate of drug-likeness (QED) is 0.593. The summed E-state index contributed by atoms with van der Waals surface area (Å²) in [4.78, 5) is 15.1. The van der Waals surface area contributed by atoms with Gasteiger partial charge in [-0.2, -0.15) is 0 Å². The standard InChI is InChI=1S/C18H18FN3O2/c1-18(24,13-2-4-14(19)5-3-13)11-21-17(23)22-15-6-7-16-12(10-15)8-9-20-16/h2-10,20,24H,11H2,1H3,(H2,21,22,23). The van der Waals surface area contributed by atoms with E-state index in [-0.39, 0.29) is 12.4 Å². The van der Waals surface area contributed by atoms with Crippen LogP contribution in [0.15, 0.2) is 54.7 Å². The molecule has 0 aliphatic carbocycles. The van der Waals surface area contributed by atoms with Crippen molar-refractivity contribution in [3.63, 3.8) is 0 Å². The van der Waals surface area contributed by atoms with Crippen LogP contribution in [0.1, 0.15) is 12.5 Å². The van der Waals surface area contributed by atoms with Gasteiger partial charge in [-0.05, 0) is 48.9 Å². The summed E-state index contributed by atoms with van der Waals surface area (Å²) in [6, 6.07) is 12.5. The van der Waals surface area contributed by atoms with Crippen molar-refractivity contribution in [1.82, 2.24) is 10.3 Å². The minimum Gasteiger partial charge on any atom is -0.384 e. The Bertz CT molecular complexity index is 856. The van der Waals surface area contributed by atoms with Crippen molar-refractivity contribution in [2.24, 2.45) is 0 Å². The molecule has 6 heteroatoms. The Balaban J connectivity index is 1.61. The molecule has 2 aromatic carbocycles. The lowest BCUT2D eigenvalue weighted by Crippen LogP contribution is -2.40. The number of aliphatic hydroxyl groups is 1. The molecular weight excluding hydrogens is 309 g/mol. The molecule has 5 nitrogen and oxygen atoms in total. The Kier molecular flexibility index (Phi) is 4.22. The van der Waals surface area contributed by atoms with E-state index in [2.05, 4.69) is 15.6 Å². The first-order valence-corrected chi connectivity index (χ1v) is 7.54. The fourth-order valence-electron chi connectivity index (χ4n) is 2.47. The summed E-state index contributed by atoms with van der Waals surface area (Å²) in [5, 5.41) is 16.8. The van der Waals surface area contributed by atoms with Crippen LogP contribution in [-0.2, 0) is 5.60 Å². The lowest BCUT2D eigenvalue weighted by Gasteiger charge is -2.24. The van der Waals surface area contributed by atoms with Crippen molar-refractivity contribution in [2.75, 3.05) is 11.9 Å². The highest BCUT2D eigenvalue weighted by molar-refractivity contribution is 5.92. The van der Waals surface area contributed by atoms with E-state index < -0.39 is 11.6 Å². The van der Waals surface area contributed by atoms with Gasteiger partial charge < -0.3 is 20.7 Å². The molecule has 0 aliphatic rings. The van der Waals surface area contributed by atoms with E-state index in [9.17, 15) is 14.3 Å². The number of H-pyrrole nitrogens is 1. The summed E-state index contributed by atoms with van der Waals surface area (Å²) in [7, 11) is 0. The zero-order valence-electron chi connectivity index (χ0n) is 13.1. The molecule has 1 unspecified atom stereocenters. The predicted molar refractivity (Wildman–Crippen MR) is 91.3 cm³/mol. The number of urea groups is 1. The first-order chi connectivity index (χ1) is 11.4. The number of fused-ring (bicyclic) bond motifs is 1. The maximum atomic E-state index is 13.0. The molecule has 0 aliphatic heterocycles. The van der Waals surface area contributed by atoms with Gasteiger partial charge in [0.15, 0.2) is 0 Å². The zero-order chi connectivity index (χ0) is 17.2. The maximum absolute atomic E-state index is 13.0. The van der Waals surface area contributed by atoms with Crippen molar-refractivity contribution in [3.8, 4) is 0 Å². The number of rotatable bonds is 4. The number of halogens is 1. The number of nitrogens with one attached hydrogen (secondary N) is 3. The van der Waals surface area contributed by atoms with E-state index in [0.29, 0.717) is 11.3 Å². The van der Waals surface area contributed by atoms with E-state index in [1.165, 1.54) is 24.3 Å². The molecule has 0 bridgehead atoms. The molecule has 2 amide bonds. The summed E-state index contributed by atoms with van der Waals surface area (Å²) in [5.41, 5.74) is 0.870. The van der Waals surface area contributed by atoms with Gasteiger partial charge in [-0.3, -0.25) is 0 Å². The van der Waals surface area contributed by atoms with E-state index in [4.69, 9.17) is 0 Å². The summed E-state index contributed by atoms with van der Waals surface area (Å²) in [6.07, 6.45) is 1.83. The van der Waals surface area contributed by atoms with Gasteiger partial charge in [0.05, 0.1) is 6.54 Å². The minimum absolute atomic E-state index is 0.00311. The second kappa shape index (κ2) is 6.33. The number of anilines is 1. The molecule has 0 fully saturated rings. The summed E-state index contributed by atoms with van der Waals surface area (Å²) < 4.78 is 13.0. The smallest absolute Gasteiger partial charge is 0.319 e. The highest BCUT2D eigenvalue weighted by atomic mass is 19.1. The van der Waals surface area contributed by atoms with Gasteiger partial charge >= 0.3 is 6.03 Å². The van der Waals surface area contributed by atoms with Crippen LogP contribution in [0, 0.1) is 5.82 Å². The summed E-state index contributed by atoms with van der Waals surface area (Å²) in [6.45, 7) is 1.56. The zero-order valence-corrected chi connectivity index (χ0v) is 13.1. The Morgan fingerprint density at radius 2 is 1.96 bits per heavy atom. The topological polar surface area (TPSA) is 77.2 Å².